The van der Waals surface area contributed by atoms with Crippen molar-refractivity contribution in [1.29, 1.82) is 0 Å². The zero-order valence-electron chi connectivity index (χ0n) is 11.0. The van der Waals surface area contributed by atoms with E-state index >= 15 is 0 Å². The fourth-order valence-corrected chi connectivity index (χ4v) is 3.70. The molecule has 1 N–H and O–H groups in total. The van der Waals surface area contributed by atoms with Crippen LogP contribution in [0.5, 0.6) is 0 Å². The third-order valence-electron chi connectivity index (χ3n) is 3.68. The summed E-state index contributed by atoms with van der Waals surface area (Å²) < 4.78 is 1.07. The Morgan fingerprint density at radius 3 is 2.95 bits per heavy atom. The lowest BCUT2D eigenvalue weighted by Gasteiger charge is -2.23. The Labute approximate surface area is 122 Å². The van der Waals surface area contributed by atoms with Gasteiger partial charge < -0.3 is 5.32 Å². The molecule has 0 amide bonds. The summed E-state index contributed by atoms with van der Waals surface area (Å²) in [6.45, 7) is 5.68. The van der Waals surface area contributed by atoms with Gasteiger partial charge in [-0.3, -0.25) is 4.90 Å². The lowest BCUT2D eigenvalue weighted by atomic mass is 10.3. The highest BCUT2D eigenvalue weighted by molar-refractivity contribution is 7.22. The third kappa shape index (κ3) is 2.86. The SMILES string of the molecule is CC(CNc1nc2cccc(Cl)c2s1)N1CCCC1. The minimum absolute atomic E-state index is 0.560. The van der Waals surface area contributed by atoms with Gasteiger partial charge in [-0.2, -0.15) is 0 Å². The number of anilines is 1. The summed E-state index contributed by atoms with van der Waals surface area (Å²) in [7, 11) is 0. The number of nitrogens with zero attached hydrogens (tertiary/aromatic N) is 2. The van der Waals surface area contributed by atoms with Crippen LogP contribution in [0.3, 0.4) is 0 Å². The van der Waals surface area contributed by atoms with Gasteiger partial charge in [0.15, 0.2) is 5.13 Å². The van der Waals surface area contributed by atoms with E-state index in [0.29, 0.717) is 6.04 Å². The van der Waals surface area contributed by atoms with Crippen molar-refractivity contribution in [3.8, 4) is 0 Å². The van der Waals surface area contributed by atoms with Gasteiger partial charge in [-0.25, -0.2) is 4.98 Å². The molecule has 1 aliphatic heterocycles. The van der Waals surface area contributed by atoms with Gasteiger partial charge in [0, 0.05) is 12.6 Å². The van der Waals surface area contributed by atoms with Crippen LogP contribution in [0.4, 0.5) is 5.13 Å². The van der Waals surface area contributed by atoms with Crippen LogP contribution < -0.4 is 5.32 Å². The molecule has 0 radical (unpaired) electrons. The highest BCUT2D eigenvalue weighted by Crippen LogP contribution is 2.31. The van der Waals surface area contributed by atoms with E-state index in [4.69, 9.17) is 11.6 Å². The van der Waals surface area contributed by atoms with Gasteiger partial charge in [0.05, 0.1) is 15.2 Å². The zero-order valence-corrected chi connectivity index (χ0v) is 12.6. The Morgan fingerprint density at radius 2 is 2.21 bits per heavy atom. The van der Waals surface area contributed by atoms with Crippen molar-refractivity contribution in [2.45, 2.75) is 25.8 Å². The van der Waals surface area contributed by atoms with Crippen molar-refractivity contribution < 1.29 is 0 Å². The second kappa shape index (κ2) is 5.65. The Bertz CT molecular complexity index is 563. The number of fused-ring (bicyclic) bond motifs is 1. The number of benzene rings is 1. The summed E-state index contributed by atoms with van der Waals surface area (Å²) in [6.07, 6.45) is 2.67. The molecule has 3 rings (SSSR count). The molecule has 1 aromatic heterocycles. The molecule has 2 aromatic rings. The molecule has 1 atom stereocenters. The number of hydrogen-bond acceptors (Lipinski definition) is 4. The first kappa shape index (κ1) is 13.2. The normalized spacial score (nSPS) is 18.0. The fourth-order valence-electron chi connectivity index (χ4n) is 2.54. The summed E-state index contributed by atoms with van der Waals surface area (Å²) in [5, 5.41) is 5.20. The molecule has 1 aromatic carbocycles. The van der Waals surface area contributed by atoms with Gasteiger partial charge in [0.2, 0.25) is 0 Å². The van der Waals surface area contributed by atoms with E-state index in [9.17, 15) is 0 Å². The maximum Gasteiger partial charge on any atom is 0.183 e. The van der Waals surface area contributed by atoms with Gasteiger partial charge in [-0.15, -0.1) is 0 Å². The van der Waals surface area contributed by atoms with Crippen LogP contribution in [0.2, 0.25) is 5.02 Å². The third-order valence-corrected chi connectivity index (χ3v) is 5.17. The van der Waals surface area contributed by atoms with Crippen molar-refractivity contribution in [2.24, 2.45) is 0 Å². The van der Waals surface area contributed by atoms with E-state index < -0.39 is 0 Å². The van der Waals surface area contributed by atoms with Gasteiger partial charge in [0.1, 0.15) is 0 Å². The second-order valence-corrected chi connectivity index (χ2v) is 6.49. The molecule has 3 nitrogen and oxygen atoms in total. The molecular formula is C14H18ClN3S. The maximum absolute atomic E-state index is 6.17. The molecule has 0 bridgehead atoms. The summed E-state index contributed by atoms with van der Waals surface area (Å²) in [6, 6.07) is 6.43. The van der Waals surface area contributed by atoms with Crippen LogP contribution in [0.1, 0.15) is 19.8 Å². The van der Waals surface area contributed by atoms with Crippen molar-refractivity contribution in [3.05, 3.63) is 23.2 Å². The highest BCUT2D eigenvalue weighted by Gasteiger charge is 2.18. The number of thiazole rings is 1. The lowest BCUT2D eigenvalue weighted by Crippen LogP contribution is -2.35. The summed E-state index contributed by atoms with van der Waals surface area (Å²) in [5.74, 6) is 0. The van der Waals surface area contributed by atoms with Gasteiger partial charge in [0.25, 0.3) is 0 Å². The molecule has 1 saturated heterocycles. The van der Waals surface area contributed by atoms with Gasteiger partial charge in [-0.1, -0.05) is 29.0 Å². The van der Waals surface area contributed by atoms with E-state index in [2.05, 4.69) is 22.1 Å². The largest absolute Gasteiger partial charge is 0.360 e. The number of aromatic nitrogens is 1. The molecule has 1 fully saturated rings. The quantitative estimate of drug-likeness (QED) is 0.929. The zero-order chi connectivity index (χ0) is 13.2. The average Bonchev–Trinajstić information content (AvgIpc) is 3.05. The van der Waals surface area contributed by atoms with Crippen molar-refractivity contribution >= 4 is 38.3 Å². The maximum atomic E-state index is 6.17. The van der Waals surface area contributed by atoms with Crippen LogP contribution in [-0.2, 0) is 0 Å². The Balaban J connectivity index is 1.66. The minimum Gasteiger partial charge on any atom is -0.360 e. The second-order valence-electron chi connectivity index (χ2n) is 5.08. The highest BCUT2D eigenvalue weighted by atomic mass is 35.5. The Morgan fingerprint density at radius 1 is 1.42 bits per heavy atom. The summed E-state index contributed by atoms with van der Waals surface area (Å²) >= 11 is 7.81. The number of likely N-dealkylation sites (tertiary alicyclic amines) is 1. The molecule has 0 aliphatic carbocycles. The van der Waals surface area contributed by atoms with Crippen molar-refractivity contribution in [2.75, 3.05) is 25.0 Å². The molecule has 1 aliphatic rings. The predicted octanol–water partition coefficient (Wildman–Crippen LogP) is 3.85. The van der Waals surface area contributed by atoms with E-state index in [-0.39, 0.29) is 0 Å². The first-order valence-electron chi connectivity index (χ1n) is 6.77. The topological polar surface area (TPSA) is 28.2 Å². The number of nitrogens with one attached hydrogen (secondary N) is 1. The smallest absolute Gasteiger partial charge is 0.183 e. The molecule has 2 heterocycles. The van der Waals surface area contributed by atoms with Crippen LogP contribution >= 0.6 is 22.9 Å². The van der Waals surface area contributed by atoms with Crippen LogP contribution in [0, 0.1) is 0 Å². The van der Waals surface area contributed by atoms with E-state index in [0.717, 1.165) is 26.9 Å². The average molecular weight is 296 g/mol. The van der Waals surface area contributed by atoms with Crippen molar-refractivity contribution in [1.82, 2.24) is 9.88 Å². The monoisotopic (exact) mass is 295 g/mol. The number of rotatable bonds is 4. The summed E-state index contributed by atoms with van der Waals surface area (Å²) in [4.78, 5) is 7.11. The lowest BCUT2D eigenvalue weighted by molar-refractivity contribution is 0.269. The first-order valence-corrected chi connectivity index (χ1v) is 7.96. The summed E-state index contributed by atoms with van der Waals surface area (Å²) in [5.41, 5.74) is 0.980. The van der Waals surface area contributed by atoms with Crippen LogP contribution in [0.25, 0.3) is 10.2 Å². The minimum atomic E-state index is 0.560. The Hall–Kier alpha value is -0.840. The molecule has 1 unspecified atom stereocenters. The van der Waals surface area contributed by atoms with Crippen LogP contribution in [-0.4, -0.2) is 35.6 Å². The molecule has 0 spiro atoms. The van der Waals surface area contributed by atoms with Crippen molar-refractivity contribution in [3.63, 3.8) is 0 Å². The molecular weight excluding hydrogens is 278 g/mol. The number of hydrogen-bond donors (Lipinski definition) is 1. The van der Waals surface area contributed by atoms with E-state index in [1.807, 2.05) is 18.2 Å². The Kier molecular flexibility index (Phi) is 3.91. The van der Waals surface area contributed by atoms with E-state index in [1.165, 1.54) is 25.9 Å². The van der Waals surface area contributed by atoms with Crippen LogP contribution in [0.15, 0.2) is 18.2 Å². The number of halogens is 1. The first-order chi connectivity index (χ1) is 9.24. The predicted molar refractivity (Wildman–Crippen MR) is 83.4 cm³/mol. The van der Waals surface area contributed by atoms with Gasteiger partial charge in [-0.05, 0) is 45.0 Å². The molecule has 102 valence electrons. The van der Waals surface area contributed by atoms with E-state index in [1.54, 1.807) is 11.3 Å². The van der Waals surface area contributed by atoms with Gasteiger partial charge >= 0.3 is 0 Å². The molecule has 0 saturated carbocycles. The molecule has 5 heteroatoms. The molecule has 19 heavy (non-hydrogen) atoms. The standard InChI is InChI=1S/C14H18ClN3S/c1-10(18-7-2-3-8-18)9-16-14-17-12-6-4-5-11(15)13(12)19-14/h4-6,10H,2-3,7-9H2,1H3,(H,16,17). The fraction of sp³-hybridized carbons (Fsp3) is 0.500.